The predicted molar refractivity (Wildman–Crippen MR) is 145 cm³/mol. The highest BCUT2D eigenvalue weighted by molar-refractivity contribution is 6.08. The number of furan rings is 1. The van der Waals surface area contributed by atoms with Crippen molar-refractivity contribution in [3.63, 3.8) is 0 Å². The average molecular weight is 546 g/mol. The molecule has 5 amide bonds. The van der Waals surface area contributed by atoms with Gasteiger partial charge in [-0.1, -0.05) is 12.1 Å². The van der Waals surface area contributed by atoms with Gasteiger partial charge in [0.25, 0.3) is 17.7 Å². The van der Waals surface area contributed by atoms with E-state index in [0.717, 1.165) is 31.5 Å². The van der Waals surface area contributed by atoms with Gasteiger partial charge in [0.2, 0.25) is 0 Å². The Morgan fingerprint density at radius 1 is 1.12 bits per heavy atom. The molecule has 1 atom stereocenters. The lowest BCUT2D eigenvalue weighted by Crippen LogP contribution is -2.52. The Kier molecular flexibility index (Phi) is 6.46. The molecule has 0 aliphatic carbocycles. The second-order valence-electron chi connectivity index (χ2n) is 10.8. The quantitative estimate of drug-likeness (QED) is 0.388. The number of piperidine rings is 1. The van der Waals surface area contributed by atoms with Crippen LogP contribution in [0.2, 0.25) is 0 Å². The standard InChI is InChI=1S/C29H31N5O6/c1-33-9-7-17(8-10-33)14-30-25(35)19-4-3-18-12-24(40-23(18)11-19)29(27(37)31-28(38)32-29)16-34-15-20-5-6-21(39-2)13-22(20)26(34)36/h3-6,11-13,17H,7-10,14-16H2,1-2H3,(H,30,35)(H2,31,32,37,38)/t29-/m0/s1. The van der Waals surface area contributed by atoms with E-state index in [-0.39, 0.29) is 30.7 Å². The lowest BCUT2D eigenvalue weighted by molar-refractivity contribution is -0.125. The van der Waals surface area contributed by atoms with Crippen LogP contribution < -0.4 is 20.7 Å². The van der Waals surface area contributed by atoms with E-state index >= 15 is 0 Å². The van der Waals surface area contributed by atoms with Crippen LogP contribution in [0.25, 0.3) is 11.0 Å². The molecule has 1 aromatic heterocycles. The number of methoxy groups -OCH3 is 1. The Bertz CT molecular complexity index is 1520. The first kappa shape index (κ1) is 25.9. The number of likely N-dealkylation sites (tertiary alicyclic amines) is 1. The second kappa shape index (κ2) is 9.98. The van der Waals surface area contributed by atoms with Gasteiger partial charge in [0, 0.05) is 29.6 Å². The zero-order valence-electron chi connectivity index (χ0n) is 22.4. The Hall–Kier alpha value is -4.38. The number of benzene rings is 2. The molecule has 3 aliphatic rings. The van der Waals surface area contributed by atoms with Gasteiger partial charge in [-0.05, 0) is 74.8 Å². The minimum atomic E-state index is -1.63. The maximum Gasteiger partial charge on any atom is 0.322 e. The van der Waals surface area contributed by atoms with Crippen LogP contribution >= 0.6 is 0 Å². The van der Waals surface area contributed by atoms with E-state index in [4.69, 9.17) is 9.15 Å². The summed E-state index contributed by atoms with van der Waals surface area (Å²) in [5.41, 5.74) is 0.491. The number of amides is 5. The molecule has 3 aliphatic heterocycles. The van der Waals surface area contributed by atoms with Gasteiger partial charge >= 0.3 is 6.03 Å². The molecule has 11 heteroatoms. The Labute approximate surface area is 230 Å². The highest BCUT2D eigenvalue weighted by atomic mass is 16.5. The third-order valence-corrected chi connectivity index (χ3v) is 8.16. The summed E-state index contributed by atoms with van der Waals surface area (Å²) in [6.45, 7) is 2.80. The lowest BCUT2D eigenvalue weighted by atomic mass is 9.95. The van der Waals surface area contributed by atoms with E-state index in [1.165, 1.54) is 12.0 Å². The molecule has 3 aromatic rings. The predicted octanol–water partition coefficient (Wildman–Crippen LogP) is 2.20. The van der Waals surface area contributed by atoms with Crippen molar-refractivity contribution in [3.05, 3.63) is 64.9 Å². The summed E-state index contributed by atoms with van der Waals surface area (Å²) in [4.78, 5) is 55.5. The van der Waals surface area contributed by atoms with E-state index in [1.54, 1.807) is 36.4 Å². The molecule has 4 heterocycles. The number of nitrogens with zero attached hydrogens (tertiary/aromatic N) is 2. The topological polar surface area (TPSA) is 133 Å². The maximum absolute atomic E-state index is 13.2. The first-order valence-corrected chi connectivity index (χ1v) is 13.4. The molecule has 0 unspecified atom stereocenters. The van der Waals surface area contributed by atoms with Crippen LogP contribution in [0.15, 0.2) is 46.9 Å². The van der Waals surface area contributed by atoms with E-state index in [9.17, 15) is 19.2 Å². The Morgan fingerprint density at radius 3 is 2.65 bits per heavy atom. The number of urea groups is 1. The summed E-state index contributed by atoms with van der Waals surface area (Å²) in [7, 11) is 3.63. The van der Waals surface area contributed by atoms with Crippen molar-refractivity contribution in [2.24, 2.45) is 5.92 Å². The molecule has 2 saturated heterocycles. The van der Waals surface area contributed by atoms with Gasteiger partial charge in [0.15, 0.2) is 5.54 Å². The number of carbonyl (C=O) groups excluding carboxylic acids is 4. The fourth-order valence-electron chi connectivity index (χ4n) is 5.72. The van der Waals surface area contributed by atoms with Crippen molar-refractivity contribution in [2.45, 2.75) is 24.9 Å². The van der Waals surface area contributed by atoms with Crippen LogP contribution in [0.1, 0.15) is 44.9 Å². The molecule has 0 radical (unpaired) electrons. The number of hydrogen-bond acceptors (Lipinski definition) is 7. The van der Waals surface area contributed by atoms with Crippen molar-refractivity contribution in [3.8, 4) is 5.75 Å². The van der Waals surface area contributed by atoms with Gasteiger partial charge in [-0.25, -0.2) is 4.79 Å². The molecule has 0 saturated carbocycles. The Balaban J connectivity index is 1.24. The third-order valence-electron chi connectivity index (χ3n) is 8.16. The summed E-state index contributed by atoms with van der Waals surface area (Å²) < 4.78 is 11.4. The van der Waals surface area contributed by atoms with E-state index < -0.39 is 17.5 Å². The second-order valence-corrected chi connectivity index (χ2v) is 10.8. The van der Waals surface area contributed by atoms with Gasteiger partial charge in [0.05, 0.1) is 13.7 Å². The Morgan fingerprint density at radius 2 is 1.93 bits per heavy atom. The van der Waals surface area contributed by atoms with Crippen molar-refractivity contribution < 1.29 is 28.3 Å². The summed E-state index contributed by atoms with van der Waals surface area (Å²) in [5.74, 6) is 0.0891. The number of nitrogens with one attached hydrogen (secondary N) is 3. The molecular formula is C29H31N5O6. The molecule has 0 bridgehead atoms. The van der Waals surface area contributed by atoms with Crippen molar-refractivity contribution in [1.29, 1.82) is 0 Å². The third kappa shape index (κ3) is 4.56. The molecule has 3 N–H and O–H groups in total. The molecular weight excluding hydrogens is 514 g/mol. The highest BCUT2D eigenvalue weighted by Gasteiger charge is 2.53. The summed E-state index contributed by atoms with van der Waals surface area (Å²) in [5, 5.41) is 8.67. The van der Waals surface area contributed by atoms with Gasteiger partial charge in [0.1, 0.15) is 17.1 Å². The van der Waals surface area contributed by atoms with Gasteiger partial charge in [-0.3, -0.25) is 19.7 Å². The monoisotopic (exact) mass is 545 g/mol. The van der Waals surface area contributed by atoms with Gasteiger partial charge in [-0.15, -0.1) is 0 Å². The number of hydrogen-bond donors (Lipinski definition) is 3. The largest absolute Gasteiger partial charge is 0.497 e. The summed E-state index contributed by atoms with van der Waals surface area (Å²) >= 11 is 0. The van der Waals surface area contributed by atoms with Crippen molar-refractivity contribution in [2.75, 3.05) is 40.3 Å². The van der Waals surface area contributed by atoms with Crippen LogP contribution in [0, 0.1) is 5.92 Å². The molecule has 2 fully saturated rings. The van der Waals surface area contributed by atoms with Crippen molar-refractivity contribution >= 4 is 34.7 Å². The molecule has 208 valence electrons. The lowest BCUT2D eigenvalue weighted by Gasteiger charge is -2.29. The minimum absolute atomic E-state index is 0.135. The average Bonchev–Trinajstić information content (AvgIpc) is 3.61. The van der Waals surface area contributed by atoms with Crippen LogP contribution in [-0.4, -0.2) is 73.9 Å². The SMILES string of the molecule is COc1ccc2c(c1)C(=O)N(C[C@@]1(c3cc4ccc(C(=O)NCC5CCN(C)CC5)cc4o3)NC(=O)NC1=O)C2. The van der Waals surface area contributed by atoms with Crippen LogP contribution in [0.3, 0.4) is 0 Å². The smallest absolute Gasteiger partial charge is 0.322 e. The fraction of sp³-hybridized carbons (Fsp3) is 0.379. The van der Waals surface area contributed by atoms with Gasteiger partial charge < -0.3 is 29.6 Å². The van der Waals surface area contributed by atoms with Crippen LogP contribution in [-0.2, 0) is 16.9 Å². The van der Waals surface area contributed by atoms with E-state index in [0.29, 0.717) is 40.3 Å². The maximum atomic E-state index is 13.2. The van der Waals surface area contributed by atoms with Crippen molar-refractivity contribution in [1.82, 2.24) is 25.8 Å². The minimum Gasteiger partial charge on any atom is -0.497 e. The number of imide groups is 1. The van der Waals surface area contributed by atoms with Crippen LogP contribution in [0.5, 0.6) is 5.75 Å². The summed E-state index contributed by atoms with van der Waals surface area (Å²) in [6.07, 6.45) is 2.09. The molecule has 11 nitrogen and oxygen atoms in total. The molecule has 0 spiro atoms. The van der Waals surface area contributed by atoms with E-state index in [2.05, 4.69) is 27.9 Å². The number of fused-ring (bicyclic) bond motifs is 2. The zero-order chi connectivity index (χ0) is 28.0. The highest BCUT2D eigenvalue weighted by Crippen LogP contribution is 2.35. The first-order valence-electron chi connectivity index (χ1n) is 13.4. The van der Waals surface area contributed by atoms with Crippen LogP contribution in [0.4, 0.5) is 4.79 Å². The fourth-order valence-corrected chi connectivity index (χ4v) is 5.72. The molecule has 40 heavy (non-hydrogen) atoms. The number of ether oxygens (including phenoxy) is 1. The molecule has 2 aromatic carbocycles. The normalized spacial score (nSPS) is 21.4. The summed E-state index contributed by atoms with van der Waals surface area (Å²) in [6, 6.07) is 11.3. The molecule has 6 rings (SSSR count). The first-order chi connectivity index (χ1) is 19.3. The number of carbonyl (C=O) groups is 4. The number of rotatable bonds is 7. The van der Waals surface area contributed by atoms with E-state index in [1.807, 2.05) is 6.07 Å². The zero-order valence-corrected chi connectivity index (χ0v) is 22.4. The van der Waals surface area contributed by atoms with Gasteiger partial charge in [-0.2, -0.15) is 0 Å².